The summed E-state index contributed by atoms with van der Waals surface area (Å²) < 4.78 is 20.5. The lowest BCUT2D eigenvalue weighted by molar-refractivity contribution is -0.114. The average molecular weight is 451 g/mol. The molecule has 0 fully saturated rings. The van der Waals surface area contributed by atoms with Gasteiger partial charge in [0.05, 0.1) is 23.4 Å². The van der Waals surface area contributed by atoms with Crippen molar-refractivity contribution in [2.75, 3.05) is 17.7 Å². The Kier molecular flexibility index (Phi) is 5.95. The number of thiophene rings is 1. The highest BCUT2D eigenvalue weighted by Crippen LogP contribution is 2.29. The van der Waals surface area contributed by atoms with E-state index in [2.05, 4.69) is 20.7 Å². The molecule has 10 heteroatoms. The number of carbonyl (C=O) groups is 2. The Balaban J connectivity index is 1.71. The maximum atomic E-state index is 13.8. The van der Waals surface area contributed by atoms with Crippen LogP contribution in [0.15, 0.2) is 60.0 Å². The van der Waals surface area contributed by atoms with Crippen LogP contribution in [0, 0.1) is 5.82 Å². The number of aromatic nitrogens is 3. The number of rotatable bonds is 6. The molecule has 2 aromatic heterocycles. The van der Waals surface area contributed by atoms with E-state index in [9.17, 15) is 14.0 Å². The van der Waals surface area contributed by atoms with Crippen LogP contribution < -0.4 is 15.4 Å². The zero-order chi connectivity index (χ0) is 22.7. The van der Waals surface area contributed by atoms with Gasteiger partial charge in [0.15, 0.2) is 5.82 Å². The van der Waals surface area contributed by atoms with Crippen molar-refractivity contribution in [1.82, 2.24) is 14.8 Å². The fourth-order valence-corrected chi connectivity index (χ4v) is 3.72. The van der Waals surface area contributed by atoms with E-state index < -0.39 is 11.7 Å². The van der Waals surface area contributed by atoms with E-state index in [1.807, 2.05) is 17.5 Å². The number of carbonyl (C=O) groups excluding carboxylic acids is 2. The number of hydrogen-bond acceptors (Lipinski definition) is 6. The summed E-state index contributed by atoms with van der Waals surface area (Å²) in [6.45, 7) is 1.39. The van der Waals surface area contributed by atoms with Gasteiger partial charge in [-0.05, 0) is 47.8 Å². The van der Waals surface area contributed by atoms with Crippen molar-refractivity contribution in [3.8, 4) is 22.1 Å². The fourth-order valence-electron chi connectivity index (χ4n) is 3.03. The van der Waals surface area contributed by atoms with Crippen molar-refractivity contribution in [1.29, 1.82) is 0 Å². The highest BCUT2D eigenvalue weighted by atomic mass is 32.1. The van der Waals surface area contributed by atoms with Crippen molar-refractivity contribution < 1.29 is 18.7 Å². The molecule has 4 aromatic rings. The minimum absolute atomic E-state index is 0.107. The molecule has 0 aliphatic carbocycles. The summed E-state index contributed by atoms with van der Waals surface area (Å²) in [5.74, 6) is -0.560. The predicted octanol–water partition coefficient (Wildman–Crippen LogP) is 4.35. The highest BCUT2D eigenvalue weighted by Gasteiger charge is 2.21. The van der Waals surface area contributed by atoms with Crippen LogP contribution in [0.4, 0.5) is 15.8 Å². The first-order valence-corrected chi connectivity index (χ1v) is 10.4. The molecule has 0 saturated carbocycles. The van der Waals surface area contributed by atoms with Crippen molar-refractivity contribution in [2.45, 2.75) is 6.92 Å². The van der Waals surface area contributed by atoms with E-state index in [-0.39, 0.29) is 11.7 Å². The molecule has 8 nitrogen and oxygen atoms in total. The van der Waals surface area contributed by atoms with Crippen LogP contribution in [0.5, 0.6) is 5.75 Å². The second-order valence-electron chi connectivity index (χ2n) is 6.68. The number of nitrogens with zero attached hydrogens (tertiary/aromatic N) is 3. The van der Waals surface area contributed by atoms with Gasteiger partial charge in [-0.2, -0.15) is 0 Å². The van der Waals surface area contributed by atoms with Gasteiger partial charge in [0, 0.05) is 12.6 Å². The standard InChI is InChI=1S/C22H18FN5O3S/c1-13(29)24-15-8-9-18(31-2)17(12-15)25-22(30)20-26-21(19-7-4-10-32-19)28(27-20)16-6-3-5-14(23)11-16/h3-12H,1-2H3,(H,24,29)(H,25,30). The smallest absolute Gasteiger partial charge is 0.295 e. The number of nitrogens with one attached hydrogen (secondary N) is 2. The van der Waals surface area contributed by atoms with E-state index in [0.717, 1.165) is 4.88 Å². The van der Waals surface area contributed by atoms with Gasteiger partial charge in [0.1, 0.15) is 11.6 Å². The molecule has 0 aliphatic rings. The van der Waals surface area contributed by atoms with E-state index in [1.165, 1.54) is 42.2 Å². The Morgan fingerprint density at radius 1 is 1.09 bits per heavy atom. The van der Waals surface area contributed by atoms with E-state index in [4.69, 9.17) is 4.74 Å². The largest absolute Gasteiger partial charge is 0.495 e. The summed E-state index contributed by atoms with van der Waals surface area (Å²) in [5.41, 5.74) is 1.26. The van der Waals surface area contributed by atoms with Crippen LogP contribution in [0.3, 0.4) is 0 Å². The molecule has 2 N–H and O–H groups in total. The Morgan fingerprint density at radius 2 is 1.94 bits per heavy atom. The van der Waals surface area contributed by atoms with E-state index in [0.29, 0.717) is 28.6 Å². The number of amides is 2. The van der Waals surface area contributed by atoms with E-state index in [1.54, 1.807) is 30.3 Å². The Morgan fingerprint density at radius 3 is 2.62 bits per heavy atom. The Hall–Kier alpha value is -4.05. The van der Waals surface area contributed by atoms with Crippen LogP contribution in [0.2, 0.25) is 0 Å². The number of benzene rings is 2. The summed E-state index contributed by atoms with van der Waals surface area (Å²) >= 11 is 1.42. The first kappa shape index (κ1) is 21.2. The molecule has 0 atom stereocenters. The van der Waals surface area contributed by atoms with Crippen LogP contribution in [-0.4, -0.2) is 33.7 Å². The van der Waals surface area contributed by atoms with Crippen molar-refractivity contribution in [2.24, 2.45) is 0 Å². The molecule has 2 aromatic carbocycles. The van der Waals surface area contributed by atoms with Gasteiger partial charge in [-0.15, -0.1) is 16.4 Å². The van der Waals surface area contributed by atoms with Gasteiger partial charge < -0.3 is 15.4 Å². The average Bonchev–Trinajstić information content (AvgIpc) is 3.43. The molecule has 0 radical (unpaired) electrons. The van der Waals surface area contributed by atoms with Crippen molar-refractivity contribution >= 4 is 34.5 Å². The molecule has 0 saturated heterocycles. The summed E-state index contributed by atoms with van der Waals surface area (Å²) in [6, 6.07) is 14.4. The predicted molar refractivity (Wildman–Crippen MR) is 120 cm³/mol. The van der Waals surface area contributed by atoms with Crippen molar-refractivity contribution in [3.63, 3.8) is 0 Å². The SMILES string of the molecule is COc1ccc(NC(C)=O)cc1NC(=O)c1nc(-c2cccs2)n(-c2cccc(F)c2)n1. The van der Waals surface area contributed by atoms with Gasteiger partial charge >= 0.3 is 0 Å². The maximum absolute atomic E-state index is 13.8. The molecule has 0 bridgehead atoms. The summed E-state index contributed by atoms with van der Waals surface area (Å²) in [7, 11) is 1.47. The normalized spacial score (nSPS) is 10.6. The molecule has 162 valence electrons. The Labute approximate surface area is 186 Å². The molecule has 0 aliphatic heterocycles. The van der Waals surface area contributed by atoms with Crippen LogP contribution in [0.1, 0.15) is 17.5 Å². The van der Waals surface area contributed by atoms with Crippen LogP contribution in [-0.2, 0) is 4.79 Å². The van der Waals surface area contributed by atoms with Gasteiger partial charge in [-0.1, -0.05) is 12.1 Å². The first-order chi connectivity index (χ1) is 15.4. The summed E-state index contributed by atoms with van der Waals surface area (Å²) in [5, 5.41) is 11.6. The van der Waals surface area contributed by atoms with E-state index >= 15 is 0 Å². The summed E-state index contributed by atoms with van der Waals surface area (Å²) in [4.78, 5) is 29.5. The number of ether oxygens (including phenoxy) is 1. The fraction of sp³-hybridized carbons (Fsp3) is 0.0909. The molecule has 0 spiro atoms. The number of hydrogen-bond donors (Lipinski definition) is 2. The molecular weight excluding hydrogens is 433 g/mol. The van der Waals surface area contributed by atoms with Gasteiger partial charge in [-0.3, -0.25) is 9.59 Å². The number of anilines is 2. The number of halogens is 1. The second-order valence-corrected chi connectivity index (χ2v) is 7.63. The lowest BCUT2D eigenvalue weighted by Gasteiger charge is -2.11. The highest BCUT2D eigenvalue weighted by molar-refractivity contribution is 7.13. The third-order valence-electron chi connectivity index (χ3n) is 4.37. The van der Waals surface area contributed by atoms with Crippen LogP contribution >= 0.6 is 11.3 Å². The van der Waals surface area contributed by atoms with Crippen molar-refractivity contribution in [3.05, 3.63) is 71.6 Å². The summed E-state index contributed by atoms with van der Waals surface area (Å²) in [6.07, 6.45) is 0. The minimum Gasteiger partial charge on any atom is -0.495 e. The second kappa shape index (κ2) is 8.98. The molecule has 4 rings (SSSR count). The topological polar surface area (TPSA) is 98.1 Å². The Bertz CT molecular complexity index is 1290. The lowest BCUT2D eigenvalue weighted by atomic mass is 10.2. The zero-order valence-electron chi connectivity index (χ0n) is 17.1. The zero-order valence-corrected chi connectivity index (χ0v) is 17.9. The van der Waals surface area contributed by atoms with Gasteiger partial charge in [-0.25, -0.2) is 14.1 Å². The quantitative estimate of drug-likeness (QED) is 0.454. The van der Waals surface area contributed by atoms with Crippen LogP contribution in [0.25, 0.3) is 16.4 Å². The van der Waals surface area contributed by atoms with Gasteiger partial charge in [0.25, 0.3) is 5.91 Å². The molecule has 2 heterocycles. The minimum atomic E-state index is -0.587. The lowest BCUT2D eigenvalue weighted by Crippen LogP contribution is -2.15. The third-order valence-corrected chi connectivity index (χ3v) is 5.24. The third kappa shape index (κ3) is 4.49. The molecule has 2 amide bonds. The first-order valence-electron chi connectivity index (χ1n) is 9.48. The molecule has 0 unspecified atom stereocenters. The van der Waals surface area contributed by atoms with Gasteiger partial charge in [0.2, 0.25) is 11.7 Å². The number of methoxy groups -OCH3 is 1. The maximum Gasteiger partial charge on any atom is 0.295 e. The molecule has 32 heavy (non-hydrogen) atoms. The molecular formula is C22H18FN5O3S. The monoisotopic (exact) mass is 451 g/mol.